The maximum atomic E-state index is 9.61. The zero-order valence-electron chi connectivity index (χ0n) is 10.2. The third kappa shape index (κ3) is 6.26. The quantitative estimate of drug-likeness (QED) is 0.585. The highest BCUT2D eigenvalue weighted by molar-refractivity contribution is 5.26. The molecule has 0 spiro atoms. The van der Waals surface area contributed by atoms with Crippen LogP contribution in [0.1, 0.15) is 12.0 Å². The highest BCUT2D eigenvalue weighted by Gasteiger charge is 2.04. The molecule has 1 rings (SSSR count). The molecule has 0 aliphatic carbocycles. The molecule has 17 heavy (non-hydrogen) atoms. The van der Waals surface area contributed by atoms with Crippen molar-refractivity contribution >= 4 is 0 Å². The SMILES string of the molecule is Cc1ccc(OCC(O)CNCCCO)cc1. The molecule has 0 saturated heterocycles. The van der Waals surface area contributed by atoms with Gasteiger partial charge in [0, 0.05) is 13.2 Å². The fourth-order valence-corrected chi connectivity index (χ4v) is 1.36. The van der Waals surface area contributed by atoms with E-state index in [0.717, 1.165) is 5.75 Å². The summed E-state index contributed by atoms with van der Waals surface area (Å²) in [5.74, 6) is 0.769. The average Bonchev–Trinajstić information content (AvgIpc) is 2.34. The normalized spacial score (nSPS) is 12.4. The van der Waals surface area contributed by atoms with Gasteiger partial charge in [-0.1, -0.05) is 17.7 Å². The molecule has 0 fully saturated rings. The lowest BCUT2D eigenvalue weighted by Crippen LogP contribution is -2.32. The molecule has 1 aromatic carbocycles. The zero-order chi connectivity index (χ0) is 12.5. The van der Waals surface area contributed by atoms with Gasteiger partial charge in [0.25, 0.3) is 0 Å². The van der Waals surface area contributed by atoms with Crippen molar-refractivity contribution in [2.24, 2.45) is 0 Å². The van der Waals surface area contributed by atoms with Crippen LogP contribution in [-0.2, 0) is 0 Å². The first kappa shape index (κ1) is 14.0. The lowest BCUT2D eigenvalue weighted by molar-refractivity contribution is 0.106. The van der Waals surface area contributed by atoms with Crippen LogP contribution in [-0.4, -0.2) is 42.6 Å². The second-order valence-corrected chi connectivity index (χ2v) is 4.06. The topological polar surface area (TPSA) is 61.7 Å². The number of nitrogens with one attached hydrogen (secondary N) is 1. The second kappa shape index (κ2) is 8.06. The summed E-state index contributed by atoms with van der Waals surface area (Å²) in [6.45, 7) is 3.64. The van der Waals surface area contributed by atoms with Gasteiger partial charge in [-0.3, -0.25) is 0 Å². The van der Waals surface area contributed by atoms with Crippen LogP contribution in [0, 0.1) is 6.92 Å². The van der Waals surface area contributed by atoms with Gasteiger partial charge in [0.1, 0.15) is 18.5 Å². The van der Waals surface area contributed by atoms with Gasteiger partial charge >= 0.3 is 0 Å². The van der Waals surface area contributed by atoms with E-state index < -0.39 is 6.10 Å². The van der Waals surface area contributed by atoms with Crippen LogP contribution in [0.3, 0.4) is 0 Å². The van der Waals surface area contributed by atoms with E-state index in [4.69, 9.17) is 9.84 Å². The van der Waals surface area contributed by atoms with E-state index in [0.29, 0.717) is 19.5 Å². The maximum absolute atomic E-state index is 9.61. The largest absolute Gasteiger partial charge is 0.491 e. The lowest BCUT2D eigenvalue weighted by Gasteiger charge is -2.13. The Morgan fingerprint density at radius 2 is 2.00 bits per heavy atom. The monoisotopic (exact) mass is 239 g/mol. The first-order valence-corrected chi connectivity index (χ1v) is 5.91. The summed E-state index contributed by atoms with van der Waals surface area (Å²) < 4.78 is 5.44. The Morgan fingerprint density at radius 3 is 2.65 bits per heavy atom. The van der Waals surface area contributed by atoms with Crippen LogP contribution in [0.2, 0.25) is 0 Å². The van der Waals surface area contributed by atoms with Crippen molar-refractivity contribution in [3.8, 4) is 5.75 Å². The summed E-state index contributed by atoms with van der Waals surface area (Å²) in [7, 11) is 0. The van der Waals surface area contributed by atoms with E-state index in [9.17, 15) is 5.11 Å². The van der Waals surface area contributed by atoms with Crippen molar-refractivity contribution in [3.63, 3.8) is 0 Å². The van der Waals surface area contributed by atoms with Crippen LogP contribution in [0.25, 0.3) is 0 Å². The van der Waals surface area contributed by atoms with Crippen LogP contribution < -0.4 is 10.1 Å². The number of rotatable bonds is 8. The van der Waals surface area contributed by atoms with Crippen LogP contribution in [0.15, 0.2) is 24.3 Å². The molecule has 0 heterocycles. The number of benzene rings is 1. The zero-order valence-corrected chi connectivity index (χ0v) is 10.2. The van der Waals surface area contributed by atoms with E-state index in [2.05, 4.69) is 5.32 Å². The molecular weight excluding hydrogens is 218 g/mol. The molecule has 1 unspecified atom stereocenters. The lowest BCUT2D eigenvalue weighted by atomic mass is 10.2. The molecule has 1 aromatic rings. The molecule has 0 saturated carbocycles. The third-order valence-corrected chi connectivity index (χ3v) is 2.35. The summed E-state index contributed by atoms with van der Waals surface area (Å²) in [4.78, 5) is 0. The number of aryl methyl sites for hydroxylation is 1. The molecule has 0 bridgehead atoms. The Bertz CT molecular complexity index is 300. The van der Waals surface area contributed by atoms with Gasteiger partial charge < -0.3 is 20.3 Å². The molecule has 0 aliphatic heterocycles. The molecule has 4 nitrogen and oxygen atoms in total. The summed E-state index contributed by atoms with van der Waals surface area (Å²) in [5.41, 5.74) is 1.18. The smallest absolute Gasteiger partial charge is 0.119 e. The Labute approximate surface area is 102 Å². The minimum Gasteiger partial charge on any atom is -0.491 e. The third-order valence-electron chi connectivity index (χ3n) is 2.35. The number of aliphatic hydroxyl groups is 2. The van der Waals surface area contributed by atoms with Crippen molar-refractivity contribution in [1.82, 2.24) is 5.32 Å². The summed E-state index contributed by atoms with van der Waals surface area (Å²) in [6, 6.07) is 7.73. The summed E-state index contributed by atoms with van der Waals surface area (Å²) >= 11 is 0. The van der Waals surface area contributed by atoms with Crippen molar-refractivity contribution in [1.29, 1.82) is 0 Å². The first-order chi connectivity index (χ1) is 8.22. The minimum atomic E-state index is -0.532. The maximum Gasteiger partial charge on any atom is 0.119 e. The molecule has 3 N–H and O–H groups in total. The minimum absolute atomic E-state index is 0.170. The average molecular weight is 239 g/mol. The fraction of sp³-hybridized carbons (Fsp3) is 0.538. The molecule has 4 heteroatoms. The van der Waals surface area contributed by atoms with Gasteiger partial charge in [-0.05, 0) is 32.0 Å². The van der Waals surface area contributed by atoms with E-state index in [-0.39, 0.29) is 13.2 Å². The first-order valence-electron chi connectivity index (χ1n) is 5.91. The van der Waals surface area contributed by atoms with Crippen molar-refractivity contribution in [2.75, 3.05) is 26.3 Å². The summed E-state index contributed by atoms with van der Waals surface area (Å²) in [6.07, 6.45) is 0.168. The summed E-state index contributed by atoms with van der Waals surface area (Å²) in [5, 5.41) is 21.2. The second-order valence-electron chi connectivity index (χ2n) is 4.06. The molecule has 0 aromatic heterocycles. The molecule has 0 aliphatic rings. The van der Waals surface area contributed by atoms with Crippen LogP contribution in [0.4, 0.5) is 0 Å². The number of aliphatic hydroxyl groups excluding tert-OH is 2. The molecular formula is C13H21NO3. The molecule has 96 valence electrons. The fourth-order valence-electron chi connectivity index (χ4n) is 1.36. The Balaban J connectivity index is 2.14. The van der Waals surface area contributed by atoms with Crippen LogP contribution >= 0.6 is 0 Å². The molecule has 0 amide bonds. The van der Waals surface area contributed by atoms with Gasteiger partial charge in [-0.15, -0.1) is 0 Å². The van der Waals surface area contributed by atoms with Crippen molar-refractivity contribution in [3.05, 3.63) is 29.8 Å². The van der Waals surface area contributed by atoms with Gasteiger partial charge in [-0.2, -0.15) is 0 Å². The van der Waals surface area contributed by atoms with Gasteiger partial charge in [0.05, 0.1) is 0 Å². The van der Waals surface area contributed by atoms with E-state index >= 15 is 0 Å². The Morgan fingerprint density at radius 1 is 1.29 bits per heavy atom. The van der Waals surface area contributed by atoms with Crippen molar-refractivity contribution < 1.29 is 14.9 Å². The Kier molecular flexibility index (Phi) is 6.62. The van der Waals surface area contributed by atoms with Gasteiger partial charge in [-0.25, -0.2) is 0 Å². The molecule has 1 atom stereocenters. The van der Waals surface area contributed by atoms with E-state index in [1.807, 2.05) is 31.2 Å². The van der Waals surface area contributed by atoms with Crippen molar-refractivity contribution in [2.45, 2.75) is 19.4 Å². The molecule has 0 radical (unpaired) electrons. The van der Waals surface area contributed by atoms with E-state index in [1.165, 1.54) is 5.56 Å². The predicted molar refractivity (Wildman–Crippen MR) is 67.3 cm³/mol. The number of hydrogen-bond donors (Lipinski definition) is 3. The van der Waals surface area contributed by atoms with Gasteiger partial charge in [0.2, 0.25) is 0 Å². The standard InChI is InChI=1S/C13H21NO3/c1-11-3-5-13(6-4-11)17-10-12(16)9-14-7-2-8-15/h3-6,12,14-16H,2,7-10H2,1H3. The van der Waals surface area contributed by atoms with Crippen LogP contribution in [0.5, 0.6) is 5.75 Å². The van der Waals surface area contributed by atoms with Gasteiger partial charge in [0.15, 0.2) is 0 Å². The Hall–Kier alpha value is -1.10. The predicted octanol–water partition coefficient (Wildman–Crippen LogP) is 0.707. The highest BCUT2D eigenvalue weighted by Crippen LogP contribution is 2.11. The number of ether oxygens (including phenoxy) is 1. The number of hydrogen-bond acceptors (Lipinski definition) is 4. The highest BCUT2D eigenvalue weighted by atomic mass is 16.5. The van der Waals surface area contributed by atoms with E-state index in [1.54, 1.807) is 0 Å².